The van der Waals surface area contributed by atoms with Gasteiger partial charge in [0.1, 0.15) is 10.7 Å². The van der Waals surface area contributed by atoms with Crippen LogP contribution < -0.4 is 14.8 Å². The zero-order chi connectivity index (χ0) is 21.0. The summed E-state index contributed by atoms with van der Waals surface area (Å²) in [6.07, 6.45) is 1.83. The number of carbonyl (C=O) groups is 2. The first kappa shape index (κ1) is 20.5. The molecule has 29 heavy (non-hydrogen) atoms. The van der Waals surface area contributed by atoms with Crippen LogP contribution in [0, 0.1) is 0 Å². The Kier molecular flexibility index (Phi) is 5.92. The van der Waals surface area contributed by atoms with Gasteiger partial charge in [0.2, 0.25) is 5.95 Å². The van der Waals surface area contributed by atoms with Crippen molar-refractivity contribution < 1.29 is 27.5 Å². The minimum Gasteiger partial charge on any atom is -0.465 e. The zero-order valence-electron chi connectivity index (χ0n) is 15.7. The Balaban J connectivity index is 1.80. The number of methoxy groups -OCH3 is 1. The van der Waals surface area contributed by atoms with E-state index in [1.165, 1.54) is 24.3 Å². The summed E-state index contributed by atoms with van der Waals surface area (Å²) < 4.78 is 36.8. The van der Waals surface area contributed by atoms with Gasteiger partial charge in [-0.05, 0) is 31.9 Å². The van der Waals surface area contributed by atoms with Crippen LogP contribution >= 0.6 is 0 Å². The van der Waals surface area contributed by atoms with Gasteiger partial charge in [0.25, 0.3) is 10.0 Å². The number of benzene rings is 1. The smallest absolute Gasteiger partial charge is 0.339 e. The molecule has 1 aromatic carbocycles. The third kappa shape index (κ3) is 4.96. The molecule has 12 heteroatoms. The van der Waals surface area contributed by atoms with E-state index in [4.69, 9.17) is 4.74 Å². The van der Waals surface area contributed by atoms with Crippen LogP contribution in [0.15, 0.2) is 29.2 Å². The largest absolute Gasteiger partial charge is 0.465 e. The van der Waals surface area contributed by atoms with E-state index in [1.807, 2.05) is 4.72 Å². The second-order valence-electron chi connectivity index (χ2n) is 6.05. The van der Waals surface area contributed by atoms with E-state index in [1.54, 1.807) is 6.92 Å². The minimum atomic E-state index is -4.37. The summed E-state index contributed by atoms with van der Waals surface area (Å²) in [4.78, 5) is 35.9. The Bertz CT molecular complexity index is 1040. The van der Waals surface area contributed by atoms with Gasteiger partial charge in [0.05, 0.1) is 19.3 Å². The van der Waals surface area contributed by atoms with Crippen LogP contribution in [0.2, 0.25) is 0 Å². The Morgan fingerprint density at radius 1 is 1.17 bits per heavy atom. The van der Waals surface area contributed by atoms with Gasteiger partial charge in [-0.3, -0.25) is 5.32 Å². The van der Waals surface area contributed by atoms with E-state index in [0.717, 1.165) is 20.0 Å². The summed E-state index contributed by atoms with van der Waals surface area (Å²) in [5.41, 5.74) is -0.204. The summed E-state index contributed by atoms with van der Waals surface area (Å²) in [6, 6.07) is 4.30. The quantitative estimate of drug-likeness (QED) is 0.633. The van der Waals surface area contributed by atoms with E-state index < -0.39 is 26.9 Å². The summed E-state index contributed by atoms with van der Waals surface area (Å²) in [6.45, 7) is 2.07. The molecular weight excluding hydrogens is 402 g/mol. The summed E-state index contributed by atoms with van der Waals surface area (Å²) in [7, 11) is -3.24. The molecule has 1 aromatic heterocycles. The number of urea groups is 1. The lowest BCUT2D eigenvalue weighted by atomic mass is 10.2. The van der Waals surface area contributed by atoms with Crippen molar-refractivity contribution in [3.8, 4) is 6.01 Å². The fraction of sp³-hybridized carbons (Fsp3) is 0.353. The van der Waals surface area contributed by atoms with Crippen molar-refractivity contribution in [2.45, 2.75) is 30.6 Å². The standard InChI is InChI=1S/C17H19N5O6S/c1-3-28-17-19-13(10-8-9-10)18-15(21-17)20-16(24)22-29(25,26)12-7-5-4-6-11(12)14(23)27-2/h4-7,10H,3,8-9H2,1-2H3,(H2,18,19,20,21,22,24). The molecule has 154 valence electrons. The molecule has 0 atom stereocenters. The van der Waals surface area contributed by atoms with Gasteiger partial charge in [-0.2, -0.15) is 15.0 Å². The lowest BCUT2D eigenvalue weighted by Gasteiger charge is -2.11. The normalized spacial score (nSPS) is 13.4. The highest BCUT2D eigenvalue weighted by Gasteiger charge is 2.29. The SMILES string of the molecule is CCOc1nc(NC(=O)NS(=O)(=O)c2ccccc2C(=O)OC)nc(C2CC2)n1. The first-order valence-electron chi connectivity index (χ1n) is 8.74. The highest BCUT2D eigenvalue weighted by Crippen LogP contribution is 2.38. The van der Waals surface area contributed by atoms with Crippen LogP contribution in [0.4, 0.5) is 10.7 Å². The number of amides is 2. The lowest BCUT2D eigenvalue weighted by molar-refractivity contribution is 0.0596. The van der Waals surface area contributed by atoms with Gasteiger partial charge < -0.3 is 9.47 Å². The number of carbonyl (C=O) groups excluding carboxylic acids is 2. The number of aromatic nitrogens is 3. The molecule has 2 amide bonds. The third-order valence-electron chi connectivity index (χ3n) is 3.88. The van der Waals surface area contributed by atoms with Crippen LogP contribution in [-0.2, 0) is 14.8 Å². The molecule has 0 unspecified atom stereocenters. The Hall–Kier alpha value is -3.28. The maximum atomic E-state index is 12.6. The van der Waals surface area contributed by atoms with E-state index in [2.05, 4.69) is 25.0 Å². The molecule has 2 aromatic rings. The number of hydrogen-bond acceptors (Lipinski definition) is 9. The second-order valence-corrected chi connectivity index (χ2v) is 7.71. The predicted molar refractivity (Wildman–Crippen MR) is 100 cm³/mol. The predicted octanol–water partition coefficient (Wildman–Crippen LogP) is 1.44. The number of nitrogens with one attached hydrogen (secondary N) is 2. The van der Waals surface area contributed by atoms with Gasteiger partial charge >= 0.3 is 18.0 Å². The Morgan fingerprint density at radius 3 is 2.55 bits per heavy atom. The molecule has 0 saturated heterocycles. The first-order chi connectivity index (χ1) is 13.8. The van der Waals surface area contributed by atoms with Crippen LogP contribution in [0.3, 0.4) is 0 Å². The molecule has 1 aliphatic carbocycles. The molecule has 0 spiro atoms. The first-order valence-corrected chi connectivity index (χ1v) is 10.2. The molecule has 1 fully saturated rings. The number of rotatable bonds is 7. The van der Waals surface area contributed by atoms with Gasteiger partial charge in [-0.25, -0.2) is 22.7 Å². The molecule has 2 N–H and O–H groups in total. The number of hydrogen-bond donors (Lipinski definition) is 2. The lowest BCUT2D eigenvalue weighted by Crippen LogP contribution is -2.35. The van der Waals surface area contributed by atoms with Crippen LogP contribution in [0.25, 0.3) is 0 Å². The maximum Gasteiger partial charge on any atom is 0.339 e. The number of nitrogens with zero attached hydrogens (tertiary/aromatic N) is 3. The Morgan fingerprint density at radius 2 is 1.90 bits per heavy atom. The van der Waals surface area contributed by atoms with E-state index in [9.17, 15) is 18.0 Å². The average molecular weight is 421 g/mol. The van der Waals surface area contributed by atoms with Gasteiger partial charge in [0.15, 0.2) is 0 Å². The van der Waals surface area contributed by atoms with Gasteiger partial charge in [-0.1, -0.05) is 12.1 Å². The van der Waals surface area contributed by atoms with Crippen molar-refractivity contribution in [1.82, 2.24) is 19.7 Å². The topological polar surface area (TPSA) is 149 Å². The summed E-state index contributed by atoms with van der Waals surface area (Å²) in [5.74, 6) is -0.354. The highest BCUT2D eigenvalue weighted by molar-refractivity contribution is 7.90. The molecule has 3 rings (SSSR count). The average Bonchev–Trinajstić information content (AvgIpc) is 3.52. The second kappa shape index (κ2) is 8.39. The fourth-order valence-electron chi connectivity index (χ4n) is 2.43. The molecule has 1 heterocycles. The summed E-state index contributed by atoms with van der Waals surface area (Å²) >= 11 is 0. The van der Waals surface area contributed by atoms with Crippen molar-refractivity contribution in [3.63, 3.8) is 0 Å². The molecule has 1 aliphatic rings. The summed E-state index contributed by atoms with van der Waals surface area (Å²) in [5, 5.41) is 2.26. The van der Waals surface area contributed by atoms with Crippen LogP contribution in [-0.4, -0.2) is 49.1 Å². The molecule has 0 radical (unpaired) electrons. The molecule has 11 nitrogen and oxygen atoms in total. The van der Waals surface area contributed by atoms with E-state index >= 15 is 0 Å². The van der Waals surface area contributed by atoms with E-state index in [0.29, 0.717) is 12.4 Å². The third-order valence-corrected chi connectivity index (χ3v) is 5.27. The zero-order valence-corrected chi connectivity index (χ0v) is 16.5. The van der Waals surface area contributed by atoms with Crippen molar-refractivity contribution in [3.05, 3.63) is 35.7 Å². The molecule has 0 bridgehead atoms. The maximum absolute atomic E-state index is 12.6. The van der Waals surface area contributed by atoms with Gasteiger partial charge in [-0.15, -0.1) is 0 Å². The minimum absolute atomic E-state index is 0.0404. The highest BCUT2D eigenvalue weighted by atomic mass is 32.2. The van der Waals surface area contributed by atoms with E-state index in [-0.39, 0.29) is 23.4 Å². The monoisotopic (exact) mass is 421 g/mol. The number of esters is 1. The number of sulfonamides is 1. The Labute approximate surface area is 166 Å². The van der Waals surface area contributed by atoms with Crippen LogP contribution in [0.5, 0.6) is 6.01 Å². The van der Waals surface area contributed by atoms with Crippen molar-refractivity contribution in [2.24, 2.45) is 0 Å². The number of ether oxygens (including phenoxy) is 2. The van der Waals surface area contributed by atoms with Gasteiger partial charge in [0, 0.05) is 5.92 Å². The molecule has 0 aliphatic heterocycles. The van der Waals surface area contributed by atoms with Crippen LogP contribution in [0.1, 0.15) is 41.9 Å². The number of anilines is 1. The van der Waals surface area contributed by atoms with Crippen molar-refractivity contribution in [2.75, 3.05) is 19.0 Å². The van der Waals surface area contributed by atoms with Crippen molar-refractivity contribution in [1.29, 1.82) is 0 Å². The fourth-order valence-corrected chi connectivity index (χ4v) is 3.53. The van der Waals surface area contributed by atoms with Crippen molar-refractivity contribution >= 4 is 28.0 Å². The molecule has 1 saturated carbocycles. The molecular formula is C17H19N5O6S.